The van der Waals surface area contributed by atoms with Crippen LogP contribution in [0.3, 0.4) is 0 Å². The summed E-state index contributed by atoms with van der Waals surface area (Å²) in [6.45, 7) is 8.40. The minimum atomic E-state index is 0.775. The lowest BCUT2D eigenvalue weighted by Crippen LogP contribution is -2.32. The Morgan fingerprint density at radius 1 is 0.815 bits per heavy atom. The molecule has 27 heavy (non-hydrogen) atoms. The van der Waals surface area contributed by atoms with E-state index in [4.69, 9.17) is 0 Å². The minimum Gasteiger partial charge on any atom is -0.241 e. The fourth-order valence-electron chi connectivity index (χ4n) is 3.58. The van der Waals surface area contributed by atoms with E-state index in [1.807, 2.05) is 25.6 Å². The fourth-order valence-corrected chi connectivity index (χ4v) is 3.58. The predicted octanol–water partition coefficient (Wildman–Crippen LogP) is 4.42. The van der Waals surface area contributed by atoms with Crippen LogP contribution in [-0.4, -0.2) is 15.0 Å². The zero-order valence-electron chi connectivity index (χ0n) is 16.4. The molecule has 0 atom stereocenters. The summed E-state index contributed by atoms with van der Waals surface area (Å²) >= 11 is 0. The molecule has 134 valence electrons. The second-order valence-electron chi connectivity index (χ2n) is 7.21. The van der Waals surface area contributed by atoms with E-state index in [2.05, 4.69) is 77.7 Å². The third-order valence-corrected chi connectivity index (χ3v) is 5.16. The molecule has 0 saturated carbocycles. The molecule has 2 aromatic heterocycles. The molecule has 4 rings (SSSR count). The van der Waals surface area contributed by atoms with Crippen LogP contribution in [0.15, 0.2) is 49.1 Å². The van der Waals surface area contributed by atoms with E-state index in [9.17, 15) is 0 Å². The monoisotopic (exact) mass is 355 g/mol. The van der Waals surface area contributed by atoms with Crippen molar-refractivity contribution in [1.29, 1.82) is 0 Å². The van der Waals surface area contributed by atoms with E-state index in [1.165, 1.54) is 27.9 Å². The van der Waals surface area contributed by atoms with Gasteiger partial charge in [-0.1, -0.05) is 17.7 Å². The van der Waals surface area contributed by atoms with Gasteiger partial charge in [0.1, 0.15) is 11.5 Å². The van der Waals surface area contributed by atoms with E-state index in [0.29, 0.717) is 0 Å². The summed E-state index contributed by atoms with van der Waals surface area (Å²) in [4.78, 5) is 13.3. The molecule has 2 aromatic carbocycles. The largest absolute Gasteiger partial charge is 0.287 e. The van der Waals surface area contributed by atoms with Gasteiger partial charge in [-0.2, -0.15) is 0 Å². The summed E-state index contributed by atoms with van der Waals surface area (Å²) in [5.74, 6) is 0.775. The highest BCUT2D eigenvalue weighted by Crippen LogP contribution is 2.31. The van der Waals surface area contributed by atoms with E-state index >= 15 is 0 Å². The highest BCUT2D eigenvalue weighted by atomic mass is 15.0. The first-order valence-electron chi connectivity index (χ1n) is 9.09. The van der Waals surface area contributed by atoms with Crippen molar-refractivity contribution < 1.29 is 4.57 Å². The summed E-state index contributed by atoms with van der Waals surface area (Å²) in [7, 11) is 2.06. The Bertz CT molecular complexity index is 1160. The smallest absolute Gasteiger partial charge is 0.241 e. The van der Waals surface area contributed by atoms with Gasteiger partial charge < -0.3 is 0 Å². The SMILES string of the molecule is Cc1cc(C)c(C)c(-c2c3ccc(-c4cnc(C)nc4)cc3nc[n+]2C)c1. The van der Waals surface area contributed by atoms with Crippen molar-refractivity contribution in [2.75, 3.05) is 0 Å². The molecule has 0 fully saturated rings. The quantitative estimate of drug-likeness (QED) is 0.500. The van der Waals surface area contributed by atoms with Gasteiger partial charge >= 0.3 is 0 Å². The standard InChI is InChI=1S/C23H23N4/c1-14-8-15(2)16(3)21(9-14)23-20-7-6-18(10-22(20)26-13-27(23)5)19-11-24-17(4)25-12-19/h6-13H,1-5H3/q+1. The maximum absolute atomic E-state index is 4.67. The second kappa shape index (κ2) is 6.54. The van der Waals surface area contributed by atoms with Crippen molar-refractivity contribution in [1.82, 2.24) is 15.0 Å². The van der Waals surface area contributed by atoms with Crippen molar-refractivity contribution >= 4 is 10.9 Å². The molecule has 0 amide bonds. The van der Waals surface area contributed by atoms with Crippen molar-refractivity contribution in [3.8, 4) is 22.4 Å². The molecule has 4 heteroatoms. The van der Waals surface area contributed by atoms with Crippen LogP contribution in [0, 0.1) is 27.7 Å². The Hall–Kier alpha value is -3.14. The van der Waals surface area contributed by atoms with Crippen LogP contribution in [0.5, 0.6) is 0 Å². The molecular weight excluding hydrogens is 332 g/mol. The summed E-state index contributed by atoms with van der Waals surface area (Å²) in [6, 6.07) is 10.9. The molecule has 0 aliphatic heterocycles. The predicted molar refractivity (Wildman–Crippen MR) is 108 cm³/mol. The lowest BCUT2D eigenvalue weighted by atomic mass is 9.95. The Morgan fingerprint density at radius 3 is 2.30 bits per heavy atom. The summed E-state index contributed by atoms with van der Waals surface area (Å²) in [5, 5.41) is 1.14. The Morgan fingerprint density at radius 2 is 1.56 bits per heavy atom. The molecule has 4 nitrogen and oxygen atoms in total. The molecular formula is C23H23N4+. The zero-order valence-corrected chi connectivity index (χ0v) is 16.4. The molecule has 0 radical (unpaired) electrons. The highest BCUT2D eigenvalue weighted by Gasteiger charge is 2.18. The summed E-state index contributed by atoms with van der Waals surface area (Å²) < 4.78 is 2.11. The summed E-state index contributed by atoms with van der Waals surface area (Å²) in [6.07, 6.45) is 5.62. The average molecular weight is 355 g/mol. The van der Waals surface area contributed by atoms with Gasteiger partial charge in [0.2, 0.25) is 0 Å². The number of rotatable bonds is 2. The van der Waals surface area contributed by atoms with E-state index < -0.39 is 0 Å². The van der Waals surface area contributed by atoms with Crippen molar-refractivity contribution in [3.63, 3.8) is 0 Å². The zero-order chi connectivity index (χ0) is 19.1. The van der Waals surface area contributed by atoms with Gasteiger partial charge in [0.05, 0.1) is 12.4 Å². The van der Waals surface area contributed by atoms with Gasteiger partial charge in [0.25, 0.3) is 6.33 Å². The van der Waals surface area contributed by atoms with Crippen LogP contribution >= 0.6 is 0 Å². The number of fused-ring (bicyclic) bond motifs is 1. The lowest BCUT2D eigenvalue weighted by Gasteiger charge is -2.12. The van der Waals surface area contributed by atoms with Gasteiger partial charge in [0, 0.05) is 23.5 Å². The molecule has 2 heterocycles. The van der Waals surface area contributed by atoms with Gasteiger partial charge in [-0.25, -0.2) is 14.5 Å². The first kappa shape index (κ1) is 17.3. The molecule has 0 saturated heterocycles. The van der Waals surface area contributed by atoms with Crippen LogP contribution in [0.25, 0.3) is 33.3 Å². The maximum Gasteiger partial charge on any atom is 0.287 e. The van der Waals surface area contributed by atoms with Crippen LogP contribution in [0.2, 0.25) is 0 Å². The average Bonchev–Trinajstić information content (AvgIpc) is 2.65. The maximum atomic E-state index is 4.67. The number of hydrogen-bond acceptors (Lipinski definition) is 3. The Kier molecular flexibility index (Phi) is 4.19. The topological polar surface area (TPSA) is 42.6 Å². The van der Waals surface area contributed by atoms with Gasteiger partial charge in [-0.05, 0) is 67.6 Å². The second-order valence-corrected chi connectivity index (χ2v) is 7.21. The number of hydrogen-bond donors (Lipinski definition) is 0. The van der Waals surface area contributed by atoms with Crippen LogP contribution in [0.4, 0.5) is 0 Å². The first-order chi connectivity index (χ1) is 12.9. The first-order valence-corrected chi connectivity index (χ1v) is 9.09. The lowest BCUT2D eigenvalue weighted by molar-refractivity contribution is -0.662. The van der Waals surface area contributed by atoms with Gasteiger partial charge in [-0.15, -0.1) is 0 Å². The van der Waals surface area contributed by atoms with E-state index in [0.717, 1.165) is 27.9 Å². The molecule has 0 aliphatic carbocycles. The number of nitrogens with zero attached hydrogens (tertiary/aromatic N) is 4. The number of benzene rings is 2. The normalized spacial score (nSPS) is 11.1. The molecule has 0 spiro atoms. The van der Waals surface area contributed by atoms with Gasteiger partial charge in [0.15, 0.2) is 5.52 Å². The molecule has 0 N–H and O–H groups in total. The molecule has 0 bridgehead atoms. The number of aromatic nitrogens is 4. The third kappa shape index (κ3) is 3.08. The van der Waals surface area contributed by atoms with Crippen LogP contribution in [0.1, 0.15) is 22.5 Å². The van der Waals surface area contributed by atoms with Crippen molar-refractivity contribution in [2.45, 2.75) is 27.7 Å². The highest BCUT2D eigenvalue weighted by molar-refractivity contribution is 5.93. The molecule has 4 aromatic rings. The van der Waals surface area contributed by atoms with E-state index in [1.54, 1.807) is 0 Å². The van der Waals surface area contributed by atoms with Crippen molar-refractivity contribution in [3.05, 3.63) is 71.6 Å². The van der Waals surface area contributed by atoms with Crippen LogP contribution < -0.4 is 4.57 Å². The van der Waals surface area contributed by atoms with Crippen LogP contribution in [-0.2, 0) is 7.05 Å². The van der Waals surface area contributed by atoms with Crippen molar-refractivity contribution in [2.24, 2.45) is 7.05 Å². The fraction of sp³-hybridized carbons (Fsp3) is 0.217. The molecule has 0 aliphatic rings. The van der Waals surface area contributed by atoms with E-state index in [-0.39, 0.29) is 0 Å². The van der Waals surface area contributed by atoms with Gasteiger partial charge in [-0.3, -0.25) is 0 Å². The Labute approximate surface area is 159 Å². The summed E-state index contributed by atoms with van der Waals surface area (Å²) in [5.41, 5.74) is 9.38. The third-order valence-electron chi connectivity index (χ3n) is 5.16. The Balaban J connectivity index is 1.95. The minimum absolute atomic E-state index is 0.775. The number of aryl methyl sites for hydroxylation is 4. The molecule has 0 unspecified atom stereocenters.